The van der Waals surface area contributed by atoms with Crippen molar-refractivity contribution in [2.75, 3.05) is 18.6 Å². The Morgan fingerprint density at radius 2 is 2.41 bits per heavy atom. The number of nitrogens with two attached hydrogens (primary N) is 1. The van der Waals surface area contributed by atoms with Gasteiger partial charge in [-0.1, -0.05) is 13.0 Å². The van der Waals surface area contributed by atoms with Gasteiger partial charge in [0.15, 0.2) is 0 Å². The highest BCUT2D eigenvalue weighted by atomic mass is 16.3. The minimum Gasteiger partial charge on any atom is -0.395 e. The molecule has 1 aromatic rings. The fourth-order valence-electron chi connectivity index (χ4n) is 2.44. The summed E-state index contributed by atoms with van der Waals surface area (Å²) < 4.78 is 0. The van der Waals surface area contributed by atoms with Crippen molar-refractivity contribution in [2.24, 2.45) is 11.8 Å². The van der Waals surface area contributed by atoms with Gasteiger partial charge in [0.2, 0.25) is 0 Å². The normalized spacial score (nSPS) is 25.1. The summed E-state index contributed by atoms with van der Waals surface area (Å²) in [5, 5.41) is 9.39. The van der Waals surface area contributed by atoms with Crippen molar-refractivity contribution in [1.82, 2.24) is 9.88 Å². The molecule has 1 aliphatic rings. The number of nitrogens with zero attached hydrogens (tertiary/aromatic N) is 2. The first-order valence-corrected chi connectivity index (χ1v) is 6.02. The lowest BCUT2D eigenvalue weighted by Gasteiger charge is -2.24. The van der Waals surface area contributed by atoms with E-state index in [1.54, 1.807) is 0 Å². The largest absolute Gasteiger partial charge is 0.395 e. The van der Waals surface area contributed by atoms with Crippen molar-refractivity contribution in [3.05, 3.63) is 23.9 Å². The molecule has 2 unspecified atom stereocenters. The van der Waals surface area contributed by atoms with Crippen molar-refractivity contribution in [3.63, 3.8) is 0 Å². The zero-order valence-electron chi connectivity index (χ0n) is 10.1. The highest BCUT2D eigenvalue weighted by molar-refractivity contribution is 5.33. The molecule has 0 amide bonds. The maximum Gasteiger partial charge on any atom is 0.140 e. The van der Waals surface area contributed by atoms with E-state index in [-0.39, 0.29) is 12.6 Å². The van der Waals surface area contributed by atoms with Gasteiger partial charge in [-0.25, -0.2) is 10.8 Å². The predicted octanol–water partition coefficient (Wildman–Crippen LogP) is 0.570. The number of pyridine rings is 1. The van der Waals surface area contributed by atoms with Crippen LogP contribution in [-0.4, -0.2) is 34.2 Å². The summed E-state index contributed by atoms with van der Waals surface area (Å²) in [5.41, 5.74) is 3.53. The Labute approximate surface area is 102 Å². The lowest BCUT2D eigenvalue weighted by molar-refractivity contribution is 0.133. The fourth-order valence-corrected chi connectivity index (χ4v) is 2.44. The van der Waals surface area contributed by atoms with Crippen LogP contribution in [0, 0.1) is 5.92 Å². The first kappa shape index (κ1) is 12.3. The summed E-state index contributed by atoms with van der Waals surface area (Å²) in [6.45, 7) is 4.20. The topological polar surface area (TPSA) is 74.4 Å². The number of hydrogen-bond acceptors (Lipinski definition) is 5. The van der Waals surface area contributed by atoms with Gasteiger partial charge in [0.1, 0.15) is 5.82 Å². The SMILES string of the molecule is CC1CCN(Cc2cccc(NN)n2)C1CO. The molecule has 2 rings (SSSR count). The molecule has 94 valence electrons. The molecule has 0 saturated carbocycles. The van der Waals surface area contributed by atoms with E-state index < -0.39 is 0 Å². The summed E-state index contributed by atoms with van der Waals surface area (Å²) in [5.74, 6) is 6.56. The number of rotatable bonds is 4. The highest BCUT2D eigenvalue weighted by Gasteiger charge is 2.30. The number of nitrogen functional groups attached to an aromatic ring is 1. The molecule has 17 heavy (non-hydrogen) atoms. The average molecular weight is 236 g/mol. The first-order chi connectivity index (χ1) is 8.24. The predicted molar refractivity (Wildman–Crippen MR) is 67.1 cm³/mol. The molecule has 0 radical (unpaired) electrons. The summed E-state index contributed by atoms with van der Waals surface area (Å²) >= 11 is 0. The molecule has 2 atom stereocenters. The number of aliphatic hydroxyl groups is 1. The third kappa shape index (κ3) is 2.74. The molecule has 5 nitrogen and oxygen atoms in total. The van der Waals surface area contributed by atoms with E-state index in [0.717, 1.165) is 25.2 Å². The van der Waals surface area contributed by atoms with Crippen LogP contribution in [0.4, 0.5) is 5.82 Å². The molecule has 1 saturated heterocycles. The summed E-state index contributed by atoms with van der Waals surface area (Å²) in [4.78, 5) is 6.67. The Bertz CT molecular complexity index is 371. The smallest absolute Gasteiger partial charge is 0.140 e. The van der Waals surface area contributed by atoms with Crippen molar-refractivity contribution in [2.45, 2.75) is 25.9 Å². The molecule has 4 N–H and O–H groups in total. The van der Waals surface area contributed by atoms with Crippen molar-refractivity contribution in [1.29, 1.82) is 0 Å². The van der Waals surface area contributed by atoms with Crippen LogP contribution >= 0.6 is 0 Å². The molecular weight excluding hydrogens is 216 g/mol. The fraction of sp³-hybridized carbons (Fsp3) is 0.583. The first-order valence-electron chi connectivity index (χ1n) is 6.02. The molecule has 1 aliphatic heterocycles. The Balaban J connectivity index is 2.04. The Morgan fingerprint density at radius 3 is 3.12 bits per heavy atom. The standard InChI is InChI=1S/C12H20N4O/c1-9-5-6-16(11(9)8-17)7-10-3-2-4-12(14-10)15-13/h2-4,9,11,17H,5-8,13H2,1H3,(H,14,15). The van der Waals surface area contributed by atoms with Gasteiger partial charge in [-0.2, -0.15) is 0 Å². The van der Waals surface area contributed by atoms with E-state index in [0.29, 0.717) is 11.7 Å². The van der Waals surface area contributed by atoms with E-state index in [1.165, 1.54) is 0 Å². The Morgan fingerprint density at radius 1 is 1.59 bits per heavy atom. The second-order valence-electron chi connectivity index (χ2n) is 4.64. The second-order valence-corrected chi connectivity index (χ2v) is 4.64. The van der Waals surface area contributed by atoms with Gasteiger partial charge in [0.25, 0.3) is 0 Å². The van der Waals surface area contributed by atoms with Gasteiger partial charge >= 0.3 is 0 Å². The summed E-state index contributed by atoms with van der Waals surface area (Å²) in [7, 11) is 0. The maximum absolute atomic E-state index is 9.39. The van der Waals surface area contributed by atoms with E-state index in [9.17, 15) is 5.11 Å². The molecule has 0 aliphatic carbocycles. The third-order valence-corrected chi connectivity index (χ3v) is 3.50. The van der Waals surface area contributed by atoms with Gasteiger partial charge in [0, 0.05) is 12.6 Å². The second kappa shape index (κ2) is 5.44. The zero-order chi connectivity index (χ0) is 12.3. The molecule has 0 bridgehead atoms. The minimum absolute atomic E-state index is 0.218. The van der Waals surface area contributed by atoms with E-state index in [1.807, 2.05) is 18.2 Å². The van der Waals surface area contributed by atoms with Crippen LogP contribution in [0.5, 0.6) is 0 Å². The number of nitrogens with one attached hydrogen (secondary N) is 1. The number of likely N-dealkylation sites (tertiary alicyclic amines) is 1. The van der Waals surface area contributed by atoms with Crippen molar-refractivity contribution >= 4 is 5.82 Å². The Hall–Kier alpha value is -1.17. The number of anilines is 1. The van der Waals surface area contributed by atoms with E-state index in [4.69, 9.17) is 5.84 Å². The molecule has 1 fully saturated rings. The van der Waals surface area contributed by atoms with Crippen LogP contribution in [0.1, 0.15) is 19.0 Å². The van der Waals surface area contributed by atoms with Gasteiger partial charge in [-0.15, -0.1) is 0 Å². The Kier molecular flexibility index (Phi) is 3.93. The van der Waals surface area contributed by atoms with E-state index in [2.05, 4.69) is 22.2 Å². The van der Waals surface area contributed by atoms with Crippen LogP contribution in [0.25, 0.3) is 0 Å². The third-order valence-electron chi connectivity index (χ3n) is 3.50. The van der Waals surface area contributed by atoms with Crippen LogP contribution in [0.15, 0.2) is 18.2 Å². The van der Waals surface area contributed by atoms with E-state index >= 15 is 0 Å². The minimum atomic E-state index is 0.218. The zero-order valence-corrected chi connectivity index (χ0v) is 10.1. The molecule has 0 aromatic carbocycles. The van der Waals surface area contributed by atoms with Gasteiger partial charge in [0.05, 0.1) is 12.3 Å². The highest BCUT2D eigenvalue weighted by Crippen LogP contribution is 2.25. The van der Waals surface area contributed by atoms with Crippen LogP contribution < -0.4 is 11.3 Å². The summed E-state index contributed by atoms with van der Waals surface area (Å²) in [6.07, 6.45) is 1.14. The van der Waals surface area contributed by atoms with Crippen molar-refractivity contribution in [3.8, 4) is 0 Å². The lowest BCUT2D eigenvalue weighted by Crippen LogP contribution is -2.34. The van der Waals surface area contributed by atoms with Gasteiger partial charge < -0.3 is 10.5 Å². The molecular formula is C12H20N4O. The van der Waals surface area contributed by atoms with Gasteiger partial charge in [-0.3, -0.25) is 4.90 Å². The quantitative estimate of drug-likeness (QED) is 0.526. The maximum atomic E-state index is 9.39. The summed E-state index contributed by atoms with van der Waals surface area (Å²) in [6, 6.07) is 6.01. The number of aromatic nitrogens is 1. The van der Waals surface area contributed by atoms with Crippen LogP contribution in [0.3, 0.4) is 0 Å². The van der Waals surface area contributed by atoms with Crippen LogP contribution in [-0.2, 0) is 6.54 Å². The number of hydrogen-bond donors (Lipinski definition) is 3. The molecule has 0 spiro atoms. The molecule has 5 heteroatoms. The number of aliphatic hydroxyl groups excluding tert-OH is 1. The molecule has 2 heterocycles. The molecule has 1 aromatic heterocycles. The average Bonchev–Trinajstić information content (AvgIpc) is 2.70. The van der Waals surface area contributed by atoms with Crippen LogP contribution in [0.2, 0.25) is 0 Å². The number of hydrazine groups is 1. The monoisotopic (exact) mass is 236 g/mol. The van der Waals surface area contributed by atoms with Gasteiger partial charge in [-0.05, 0) is 31.0 Å². The lowest BCUT2D eigenvalue weighted by atomic mass is 10.0. The van der Waals surface area contributed by atoms with Crippen molar-refractivity contribution < 1.29 is 5.11 Å².